The molecule has 2 rings (SSSR count). The van der Waals surface area contributed by atoms with Gasteiger partial charge in [-0.2, -0.15) is 10.2 Å². The van der Waals surface area contributed by atoms with Crippen LogP contribution in [0.15, 0.2) is 18.6 Å². The first-order chi connectivity index (χ1) is 10.4. The van der Waals surface area contributed by atoms with Crippen molar-refractivity contribution in [3.63, 3.8) is 0 Å². The molecule has 22 heavy (non-hydrogen) atoms. The van der Waals surface area contributed by atoms with Crippen molar-refractivity contribution in [2.24, 2.45) is 11.7 Å². The van der Waals surface area contributed by atoms with Crippen LogP contribution in [0, 0.1) is 5.92 Å². The molecule has 1 atom stereocenters. The van der Waals surface area contributed by atoms with Gasteiger partial charge in [0.2, 0.25) is 5.91 Å². The van der Waals surface area contributed by atoms with Crippen LogP contribution in [-0.4, -0.2) is 31.4 Å². The fourth-order valence-electron chi connectivity index (χ4n) is 1.91. The van der Waals surface area contributed by atoms with Crippen molar-refractivity contribution in [3.8, 4) is 0 Å². The molecular formula is C13H17ClN6O2. The van der Waals surface area contributed by atoms with Gasteiger partial charge in [-0.3, -0.25) is 19.0 Å². The first kappa shape index (κ1) is 16.0. The number of anilines is 1. The molecule has 0 aromatic carbocycles. The number of amides is 2. The summed E-state index contributed by atoms with van der Waals surface area (Å²) in [6.07, 6.45) is 4.72. The number of aryl methyl sites for hydroxylation is 1. The fourth-order valence-corrected chi connectivity index (χ4v) is 2.07. The number of primary amides is 1. The van der Waals surface area contributed by atoms with Gasteiger partial charge in [0.15, 0.2) is 5.69 Å². The molecular weight excluding hydrogens is 308 g/mol. The third kappa shape index (κ3) is 3.64. The summed E-state index contributed by atoms with van der Waals surface area (Å²) in [4.78, 5) is 23.6. The second kappa shape index (κ2) is 6.61. The van der Waals surface area contributed by atoms with Gasteiger partial charge in [0.25, 0.3) is 5.91 Å². The van der Waals surface area contributed by atoms with E-state index in [4.69, 9.17) is 17.3 Å². The molecule has 0 fully saturated rings. The van der Waals surface area contributed by atoms with Crippen molar-refractivity contribution < 1.29 is 9.59 Å². The molecule has 0 aliphatic rings. The van der Waals surface area contributed by atoms with Crippen LogP contribution in [-0.2, 0) is 17.9 Å². The minimum atomic E-state index is -0.686. The molecule has 0 bridgehead atoms. The minimum Gasteiger partial charge on any atom is -0.364 e. The number of hydrogen-bond donors (Lipinski definition) is 2. The zero-order valence-corrected chi connectivity index (χ0v) is 13.0. The van der Waals surface area contributed by atoms with Crippen LogP contribution >= 0.6 is 11.6 Å². The average molecular weight is 325 g/mol. The van der Waals surface area contributed by atoms with E-state index in [9.17, 15) is 9.59 Å². The molecule has 0 saturated heterocycles. The molecule has 0 radical (unpaired) electrons. The van der Waals surface area contributed by atoms with Crippen LogP contribution in [0.2, 0.25) is 5.02 Å². The molecule has 2 aromatic rings. The monoisotopic (exact) mass is 324 g/mol. The lowest BCUT2D eigenvalue weighted by Gasteiger charge is -2.11. The molecule has 1 unspecified atom stereocenters. The van der Waals surface area contributed by atoms with Crippen LogP contribution < -0.4 is 11.1 Å². The van der Waals surface area contributed by atoms with Crippen molar-refractivity contribution in [2.45, 2.75) is 26.9 Å². The van der Waals surface area contributed by atoms with E-state index >= 15 is 0 Å². The minimum absolute atomic E-state index is 0.0459. The van der Waals surface area contributed by atoms with Crippen LogP contribution in [0.25, 0.3) is 0 Å². The van der Waals surface area contributed by atoms with Gasteiger partial charge in [0.1, 0.15) is 0 Å². The molecule has 3 N–H and O–H groups in total. The van der Waals surface area contributed by atoms with Gasteiger partial charge in [-0.05, 0) is 6.92 Å². The third-order valence-electron chi connectivity index (χ3n) is 3.09. The van der Waals surface area contributed by atoms with Gasteiger partial charge in [-0.15, -0.1) is 0 Å². The topological polar surface area (TPSA) is 108 Å². The number of aromatic nitrogens is 4. The molecule has 0 aliphatic heterocycles. The second-order valence-electron chi connectivity index (χ2n) is 4.88. The second-order valence-corrected chi connectivity index (χ2v) is 5.32. The number of carbonyl (C=O) groups is 2. The predicted molar refractivity (Wildman–Crippen MR) is 81.4 cm³/mol. The number of nitrogens with zero attached hydrogens (tertiary/aromatic N) is 4. The highest BCUT2D eigenvalue weighted by Gasteiger charge is 2.20. The smallest absolute Gasteiger partial charge is 0.271 e. The van der Waals surface area contributed by atoms with Crippen LogP contribution in [0.4, 0.5) is 5.69 Å². The number of hydrogen-bond acceptors (Lipinski definition) is 4. The summed E-state index contributed by atoms with van der Waals surface area (Å²) in [7, 11) is 0. The van der Waals surface area contributed by atoms with E-state index in [0.29, 0.717) is 23.8 Å². The van der Waals surface area contributed by atoms with E-state index in [1.807, 2.05) is 6.92 Å². The van der Waals surface area contributed by atoms with Gasteiger partial charge in [0.05, 0.1) is 29.4 Å². The van der Waals surface area contributed by atoms with E-state index in [0.717, 1.165) is 0 Å². The van der Waals surface area contributed by atoms with Gasteiger partial charge < -0.3 is 11.1 Å². The van der Waals surface area contributed by atoms with Crippen LogP contribution in [0.5, 0.6) is 0 Å². The van der Waals surface area contributed by atoms with Gasteiger partial charge in [-0.25, -0.2) is 0 Å². The summed E-state index contributed by atoms with van der Waals surface area (Å²) < 4.78 is 3.12. The van der Waals surface area contributed by atoms with Crippen LogP contribution in [0.1, 0.15) is 24.3 Å². The Labute approximate surface area is 132 Å². The number of halogens is 1. The summed E-state index contributed by atoms with van der Waals surface area (Å²) in [5, 5.41) is 11.2. The number of nitrogens with one attached hydrogen (secondary N) is 1. The molecule has 2 amide bonds. The Balaban J connectivity index is 2.07. The van der Waals surface area contributed by atoms with Crippen molar-refractivity contribution in [2.75, 3.05) is 5.32 Å². The summed E-state index contributed by atoms with van der Waals surface area (Å²) in [5.41, 5.74) is 5.62. The Morgan fingerprint density at radius 2 is 2.14 bits per heavy atom. The van der Waals surface area contributed by atoms with Crippen LogP contribution in [0.3, 0.4) is 0 Å². The molecule has 8 nitrogen and oxygen atoms in total. The molecule has 0 saturated carbocycles. The molecule has 0 spiro atoms. The zero-order valence-electron chi connectivity index (χ0n) is 12.3. The summed E-state index contributed by atoms with van der Waals surface area (Å²) in [5.74, 6) is -1.32. The number of carbonyl (C=O) groups excluding carboxylic acids is 2. The Kier molecular flexibility index (Phi) is 4.81. The van der Waals surface area contributed by atoms with E-state index in [2.05, 4.69) is 15.5 Å². The highest BCUT2D eigenvalue weighted by molar-refractivity contribution is 6.30. The maximum Gasteiger partial charge on any atom is 0.271 e. The highest BCUT2D eigenvalue weighted by Crippen LogP contribution is 2.15. The predicted octanol–water partition coefficient (Wildman–Crippen LogP) is 1.13. The zero-order chi connectivity index (χ0) is 16.3. The van der Waals surface area contributed by atoms with E-state index < -0.39 is 5.91 Å². The normalized spacial score (nSPS) is 12.1. The Bertz CT molecular complexity index is 693. The SMILES string of the molecule is CCn1cc(NC(=O)C(C)Cn2cc(Cl)cn2)c(C(N)=O)n1. The lowest BCUT2D eigenvalue weighted by molar-refractivity contribution is -0.119. The molecule has 2 aromatic heterocycles. The molecule has 9 heteroatoms. The lowest BCUT2D eigenvalue weighted by Crippen LogP contribution is -2.26. The van der Waals surface area contributed by atoms with Crippen molar-refractivity contribution >= 4 is 29.1 Å². The van der Waals surface area contributed by atoms with Gasteiger partial charge in [0, 0.05) is 18.9 Å². The Morgan fingerprint density at radius 3 is 2.68 bits per heavy atom. The largest absolute Gasteiger partial charge is 0.364 e. The van der Waals surface area contributed by atoms with Gasteiger partial charge in [-0.1, -0.05) is 18.5 Å². The summed E-state index contributed by atoms with van der Waals surface area (Å²) in [6, 6.07) is 0. The number of nitrogens with two attached hydrogens (primary N) is 1. The summed E-state index contributed by atoms with van der Waals surface area (Å²) >= 11 is 5.78. The fraction of sp³-hybridized carbons (Fsp3) is 0.385. The van der Waals surface area contributed by atoms with E-state index in [-0.39, 0.29) is 17.5 Å². The van der Waals surface area contributed by atoms with E-state index in [1.165, 1.54) is 10.9 Å². The molecule has 2 heterocycles. The Hall–Kier alpha value is -2.35. The molecule has 0 aliphatic carbocycles. The van der Waals surface area contributed by atoms with Gasteiger partial charge >= 0.3 is 0 Å². The maximum absolute atomic E-state index is 12.2. The quantitative estimate of drug-likeness (QED) is 0.830. The summed E-state index contributed by atoms with van der Waals surface area (Å²) in [6.45, 7) is 4.55. The first-order valence-electron chi connectivity index (χ1n) is 6.76. The highest BCUT2D eigenvalue weighted by atomic mass is 35.5. The Morgan fingerprint density at radius 1 is 1.41 bits per heavy atom. The van der Waals surface area contributed by atoms with Crippen molar-refractivity contribution in [1.29, 1.82) is 0 Å². The van der Waals surface area contributed by atoms with Crippen molar-refractivity contribution in [1.82, 2.24) is 19.6 Å². The molecule has 118 valence electrons. The third-order valence-corrected chi connectivity index (χ3v) is 3.28. The first-order valence-corrected chi connectivity index (χ1v) is 7.14. The number of rotatable bonds is 6. The lowest BCUT2D eigenvalue weighted by atomic mass is 10.1. The average Bonchev–Trinajstić information content (AvgIpc) is 3.05. The van der Waals surface area contributed by atoms with Crippen molar-refractivity contribution in [3.05, 3.63) is 29.3 Å². The standard InChI is InChI=1S/C13H17ClN6O2/c1-3-19-7-10(11(18-19)12(15)21)17-13(22)8(2)5-20-6-9(14)4-16-20/h4,6-8H,3,5H2,1-2H3,(H2,15,21)(H,17,22). The maximum atomic E-state index is 12.2. The van der Waals surface area contributed by atoms with E-state index in [1.54, 1.807) is 24.0 Å².